The summed E-state index contributed by atoms with van der Waals surface area (Å²) in [7, 11) is 2.03. The molecular weight excluding hydrogens is 247 g/mol. The molecule has 0 bridgehead atoms. The fourth-order valence-electron chi connectivity index (χ4n) is 1.96. The number of benzene rings is 1. The molecule has 18 heavy (non-hydrogen) atoms. The average Bonchev–Trinajstić information content (AvgIpc) is 2.80. The van der Waals surface area contributed by atoms with Crippen LogP contribution in [0.1, 0.15) is 16.0 Å². The number of hydrogen-bond donors (Lipinski definition) is 1. The first kappa shape index (κ1) is 13.2. The molecule has 0 unspecified atom stereocenters. The summed E-state index contributed by atoms with van der Waals surface area (Å²) in [4.78, 5) is 3.48. The SMILES string of the molecule is CN(Cc1cc(F)cc(CN)c1)Cc1cccs1. The van der Waals surface area contributed by atoms with E-state index >= 15 is 0 Å². The summed E-state index contributed by atoms with van der Waals surface area (Å²) in [6.07, 6.45) is 0. The van der Waals surface area contributed by atoms with E-state index in [1.54, 1.807) is 17.4 Å². The normalized spacial score (nSPS) is 11.1. The third-order valence-electron chi connectivity index (χ3n) is 2.71. The number of thiophene rings is 1. The van der Waals surface area contributed by atoms with E-state index in [2.05, 4.69) is 16.3 Å². The fourth-order valence-corrected chi connectivity index (χ4v) is 2.75. The van der Waals surface area contributed by atoms with Gasteiger partial charge in [-0.05, 0) is 41.8 Å². The van der Waals surface area contributed by atoms with Crippen molar-refractivity contribution in [2.75, 3.05) is 7.05 Å². The van der Waals surface area contributed by atoms with E-state index in [0.29, 0.717) is 6.54 Å². The Morgan fingerprint density at radius 2 is 2.00 bits per heavy atom. The van der Waals surface area contributed by atoms with E-state index in [0.717, 1.165) is 24.2 Å². The van der Waals surface area contributed by atoms with Crippen LogP contribution in [0.2, 0.25) is 0 Å². The van der Waals surface area contributed by atoms with Crippen molar-refractivity contribution < 1.29 is 4.39 Å². The minimum absolute atomic E-state index is 0.211. The third-order valence-corrected chi connectivity index (χ3v) is 3.57. The summed E-state index contributed by atoms with van der Waals surface area (Å²) >= 11 is 1.74. The highest BCUT2D eigenvalue weighted by atomic mass is 32.1. The predicted octanol–water partition coefficient (Wildman–Crippen LogP) is 2.98. The Labute approximate surface area is 111 Å². The van der Waals surface area contributed by atoms with E-state index in [9.17, 15) is 4.39 Å². The average molecular weight is 264 g/mol. The topological polar surface area (TPSA) is 29.3 Å². The number of halogens is 1. The highest BCUT2D eigenvalue weighted by Crippen LogP contribution is 2.15. The first-order valence-electron chi connectivity index (χ1n) is 5.86. The smallest absolute Gasteiger partial charge is 0.123 e. The molecule has 0 amide bonds. The summed E-state index contributed by atoms with van der Waals surface area (Å²) in [5.74, 6) is -0.211. The zero-order valence-corrected chi connectivity index (χ0v) is 11.2. The Kier molecular flexibility index (Phi) is 4.47. The molecule has 0 aliphatic carbocycles. The van der Waals surface area contributed by atoms with Crippen molar-refractivity contribution in [2.45, 2.75) is 19.6 Å². The van der Waals surface area contributed by atoms with Crippen LogP contribution in [0.15, 0.2) is 35.7 Å². The summed E-state index contributed by atoms with van der Waals surface area (Å²) < 4.78 is 13.4. The molecule has 4 heteroatoms. The molecule has 96 valence electrons. The monoisotopic (exact) mass is 264 g/mol. The van der Waals surface area contributed by atoms with Gasteiger partial charge in [0.15, 0.2) is 0 Å². The van der Waals surface area contributed by atoms with Crippen molar-refractivity contribution >= 4 is 11.3 Å². The lowest BCUT2D eigenvalue weighted by atomic mass is 10.1. The molecule has 0 aliphatic rings. The van der Waals surface area contributed by atoms with Gasteiger partial charge in [0, 0.05) is 24.5 Å². The molecule has 0 aliphatic heterocycles. The zero-order chi connectivity index (χ0) is 13.0. The number of nitrogens with two attached hydrogens (primary N) is 1. The molecule has 1 aromatic heterocycles. The highest BCUT2D eigenvalue weighted by molar-refractivity contribution is 7.09. The predicted molar refractivity (Wildman–Crippen MR) is 73.8 cm³/mol. The van der Waals surface area contributed by atoms with Gasteiger partial charge >= 0.3 is 0 Å². The lowest BCUT2D eigenvalue weighted by Gasteiger charge is -2.16. The first-order chi connectivity index (χ1) is 8.67. The fraction of sp³-hybridized carbons (Fsp3) is 0.286. The van der Waals surface area contributed by atoms with Crippen LogP contribution in [-0.4, -0.2) is 11.9 Å². The second-order valence-corrected chi connectivity index (χ2v) is 5.46. The van der Waals surface area contributed by atoms with Gasteiger partial charge in [-0.15, -0.1) is 11.3 Å². The Morgan fingerprint density at radius 1 is 1.22 bits per heavy atom. The number of hydrogen-bond acceptors (Lipinski definition) is 3. The Hall–Kier alpha value is -1.23. The molecule has 0 fully saturated rings. The summed E-state index contributed by atoms with van der Waals surface area (Å²) in [6, 6.07) is 9.18. The molecule has 2 N–H and O–H groups in total. The van der Waals surface area contributed by atoms with Crippen LogP contribution in [0.4, 0.5) is 4.39 Å². The van der Waals surface area contributed by atoms with Crippen LogP contribution in [0.5, 0.6) is 0 Å². The van der Waals surface area contributed by atoms with Crippen LogP contribution in [-0.2, 0) is 19.6 Å². The molecule has 1 heterocycles. The van der Waals surface area contributed by atoms with Crippen molar-refractivity contribution in [3.63, 3.8) is 0 Å². The van der Waals surface area contributed by atoms with E-state index in [1.807, 2.05) is 19.2 Å². The van der Waals surface area contributed by atoms with E-state index in [4.69, 9.17) is 5.73 Å². The van der Waals surface area contributed by atoms with E-state index < -0.39 is 0 Å². The molecule has 2 rings (SSSR count). The minimum atomic E-state index is -0.211. The molecule has 1 aromatic carbocycles. The number of nitrogens with zero attached hydrogens (tertiary/aromatic N) is 1. The maximum absolute atomic E-state index is 13.4. The molecule has 0 radical (unpaired) electrons. The molecule has 0 saturated heterocycles. The van der Waals surface area contributed by atoms with Crippen molar-refractivity contribution in [3.8, 4) is 0 Å². The summed E-state index contributed by atoms with van der Waals surface area (Å²) in [6.45, 7) is 1.98. The zero-order valence-electron chi connectivity index (χ0n) is 10.4. The standard InChI is InChI=1S/C14H17FN2S/c1-17(10-14-3-2-4-18-14)9-12-5-11(8-16)6-13(15)7-12/h2-7H,8-10,16H2,1H3. The van der Waals surface area contributed by atoms with Gasteiger partial charge in [0.1, 0.15) is 5.82 Å². The van der Waals surface area contributed by atoms with Crippen LogP contribution in [0.25, 0.3) is 0 Å². The van der Waals surface area contributed by atoms with Gasteiger partial charge in [-0.2, -0.15) is 0 Å². The van der Waals surface area contributed by atoms with Crippen LogP contribution >= 0.6 is 11.3 Å². The quantitative estimate of drug-likeness (QED) is 0.899. The lowest BCUT2D eigenvalue weighted by molar-refractivity contribution is 0.321. The molecule has 0 atom stereocenters. The van der Waals surface area contributed by atoms with Crippen LogP contribution < -0.4 is 5.73 Å². The Morgan fingerprint density at radius 3 is 2.67 bits per heavy atom. The van der Waals surface area contributed by atoms with E-state index in [1.165, 1.54) is 10.9 Å². The van der Waals surface area contributed by atoms with Gasteiger partial charge in [0.25, 0.3) is 0 Å². The van der Waals surface area contributed by atoms with Crippen LogP contribution in [0.3, 0.4) is 0 Å². The molecule has 0 saturated carbocycles. The maximum atomic E-state index is 13.4. The van der Waals surface area contributed by atoms with Gasteiger partial charge < -0.3 is 5.73 Å². The van der Waals surface area contributed by atoms with Gasteiger partial charge in [-0.25, -0.2) is 4.39 Å². The molecule has 0 spiro atoms. The first-order valence-corrected chi connectivity index (χ1v) is 6.74. The van der Waals surface area contributed by atoms with Crippen molar-refractivity contribution in [1.82, 2.24) is 4.90 Å². The number of rotatable bonds is 5. The summed E-state index contributed by atoms with van der Waals surface area (Å²) in [5.41, 5.74) is 7.36. The van der Waals surface area contributed by atoms with Crippen molar-refractivity contribution in [3.05, 3.63) is 57.5 Å². The second kappa shape index (κ2) is 6.09. The van der Waals surface area contributed by atoms with Gasteiger partial charge in [-0.1, -0.05) is 12.1 Å². The van der Waals surface area contributed by atoms with Crippen molar-refractivity contribution in [2.24, 2.45) is 5.73 Å². The van der Waals surface area contributed by atoms with Gasteiger partial charge in [0.05, 0.1) is 0 Å². The minimum Gasteiger partial charge on any atom is -0.326 e. The molecule has 2 aromatic rings. The molecular formula is C14H17FN2S. The summed E-state index contributed by atoms with van der Waals surface area (Å²) in [5, 5.41) is 2.07. The highest BCUT2D eigenvalue weighted by Gasteiger charge is 2.05. The Bertz CT molecular complexity index is 497. The van der Waals surface area contributed by atoms with E-state index in [-0.39, 0.29) is 5.82 Å². The lowest BCUT2D eigenvalue weighted by Crippen LogP contribution is -2.17. The van der Waals surface area contributed by atoms with Crippen molar-refractivity contribution in [1.29, 1.82) is 0 Å². The Balaban J connectivity index is 2.02. The van der Waals surface area contributed by atoms with Crippen LogP contribution in [0, 0.1) is 5.82 Å². The second-order valence-electron chi connectivity index (χ2n) is 4.42. The van der Waals surface area contributed by atoms with Gasteiger partial charge in [0.2, 0.25) is 0 Å². The largest absolute Gasteiger partial charge is 0.326 e. The maximum Gasteiger partial charge on any atom is 0.123 e. The molecule has 2 nitrogen and oxygen atoms in total. The van der Waals surface area contributed by atoms with Gasteiger partial charge in [-0.3, -0.25) is 4.90 Å². The third kappa shape index (κ3) is 3.63.